The molecule has 9 heteroatoms. The van der Waals surface area contributed by atoms with E-state index >= 15 is 0 Å². The Morgan fingerprint density at radius 1 is 1.10 bits per heavy atom. The van der Waals surface area contributed by atoms with E-state index in [2.05, 4.69) is 52.5 Å². The highest BCUT2D eigenvalue weighted by Crippen LogP contribution is 2.36. The van der Waals surface area contributed by atoms with Crippen LogP contribution in [0.1, 0.15) is 0 Å². The van der Waals surface area contributed by atoms with E-state index in [4.69, 9.17) is 17.3 Å². The summed E-state index contributed by atoms with van der Waals surface area (Å²) in [7, 11) is -3.86. The molecule has 2 aromatic rings. The third-order valence-corrected chi connectivity index (χ3v) is 6.58. The van der Waals surface area contributed by atoms with Gasteiger partial charge >= 0.3 is 0 Å². The summed E-state index contributed by atoms with van der Waals surface area (Å²) in [6.07, 6.45) is 0. The lowest BCUT2D eigenvalue weighted by Crippen LogP contribution is -2.15. The maximum Gasteiger partial charge on any atom is 0.263 e. The molecule has 0 saturated carbocycles. The fourth-order valence-corrected chi connectivity index (χ4v) is 5.42. The van der Waals surface area contributed by atoms with E-state index in [9.17, 15) is 8.42 Å². The van der Waals surface area contributed by atoms with Crippen molar-refractivity contribution in [2.75, 3.05) is 10.5 Å². The summed E-state index contributed by atoms with van der Waals surface area (Å²) in [6, 6.07) is 8.03. The molecule has 0 atom stereocenters. The molecule has 0 aromatic heterocycles. The number of hydrogen-bond donors (Lipinski definition) is 2. The first-order valence-electron chi connectivity index (χ1n) is 5.43. The van der Waals surface area contributed by atoms with Gasteiger partial charge in [0.05, 0.1) is 10.2 Å². The predicted octanol–water partition coefficient (Wildman–Crippen LogP) is 5.01. The number of rotatable bonds is 3. The molecule has 4 nitrogen and oxygen atoms in total. The molecule has 112 valence electrons. The van der Waals surface area contributed by atoms with Gasteiger partial charge in [-0.25, -0.2) is 8.42 Å². The number of benzene rings is 2. The normalized spacial score (nSPS) is 11.4. The van der Waals surface area contributed by atoms with Crippen molar-refractivity contribution >= 4 is 80.8 Å². The van der Waals surface area contributed by atoms with Crippen LogP contribution in [0.25, 0.3) is 0 Å². The third kappa shape index (κ3) is 3.73. The molecule has 0 heterocycles. The summed E-state index contributed by atoms with van der Waals surface area (Å²) in [5.41, 5.74) is 6.37. The van der Waals surface area contributed by atoms with Crippen molar-refractivity contribution in [2.24, 2.45) is 0 Å². The lowest BCUT2D eigenvalue weighted by Gasteiger charge is -2.13. The van der Waals surface area contributed by atoms with Gasteiger partial charge in [-0.15, -0.1) is 0 Å². The number of nitrogens with two attached hydrogens (primary N) is 1. The van der Waals surface area contributed by atoms with Crippen molar-refractivity contribution < 1.29 is 8.42 Å². The number of nitrogen functional groups attached to an aromatic ring is 1. The Kier molecular flexibility index (Phi) is 5.25. The van der Waals surface area contributed by atoms with Crippen molar-refractivity contribution in [1.82, 2.24) is 0 Å². The molecular formula is C12H8Br3ClN2O2S. The zero-order valence-corrected chi connectivity index (χ0v) is 16.5. The smallest absolute Gasteiger partial charge is 0.263 e. The molecule has 3 N–H and O–H groups in total. The van der Waals surface area contributed by atoms with Crippen LogP contribution in [0.5, 0.6) is 0 Å². The van der Waals surface area contributed by atoms with Crippen LogP contribution in [0.4, 0.5) is 11.4 Å². The highest BCUT2D eigenvalue weighted by atomic mass is 79.9. The molecule has 2 aromatic carbocycles. The highest BCUT2D eigenvalue weighted by molar-refractivity contribution is 9.11. The Morgan fingerprint density at radius 2 is 1.67 bits per heavy atom. The zero-order chi connectivity index (χ0) is 15.8. The molecule has 0 aliphatic carbocycles. The lowest BCUT2D eigenvalue weighted by atomic mass is 10.3. The second-order valence-corrected chi connectivity index (χ2v) is 8.60. The van der Waals surface area contributed by atoms with E-state index in [0.717, 1.165) is 0 Å². The van der Waals surface area contributed by atoms with Gasteiger partial charge in [0.2, 0.25) is 0 Å². The monoisotopic (exact) mass is 516 g/mol. The molecule has 0 amide bonds. The second kappa shape index (κ2) is 6.45. The molecule has 2 rings (SSSR count). The number of hydrogen-bond acceptors (Lipinski definition) is 3. The Morgan fingerprint density at radius 3 is 2.24 bits per heavy atom. The van der Waals surface area contributed by atoms with Gasteiger partial charge in [0, 0.05) is 19.7 Å². The average Bonchev–Trinajstić information content (AvgIpc) is 2.38. The minimum absolute atomic E-state index is 0.0323. The van der Waals surface area contributed by atoms with Gasteiger partial charge < -0.3 is 5.73 Å². The van der Waals surface area contributed by atoms with Crippen molar-refractivity contribution in [3.05, 3.63) is 48.8 Å². The number of para-hydroxylation sites is 1. The van der Waals surface area contributed by atoms with Crippen LogP contribution in [0.15, 0.2) is 48.6 Å². The van der Waals surface area contributed by atoms with Crippen LogP contribution in [-0.4, -0.2) is 8.42 Å². The number of nitrogens with one attached hydrogen (secondary N) is 1. The van der Waals surface area contributed by atoms with E-state index < -0.39 is 10.0 Å². The lowest BCUT2D eigenvalue weighted by molar-refractivity contribution is 0.600. The Balaban J connectivity index is 2.54. The Labute approximate surface area is 152 Å². The molecule has 0 radical (unpaired) electrons. The first kappa shape index (κ1) is 17.1. The van der Waals surface area contributed by atoms with Gasteiger partial charge in [0.1, 0.15) is 4.90 Å². The average molecular weight is 519 g/mol. The van der Waals surface area contributed by atoms with Crippen molar-refractivity contribution in [3.63, 3.8) is 0 Å². The molecule has 0 aliphatic rings. The van der Waals surface area contributed by atoms with Crippen LogP contribution < -0.4 is 10.5 Å². The summed E-state index contributed by atoms with van der Waals surface area (Å²) in [6.45, 7) is 0. The highest BCUT2D eigenvalue weighted by Gasteiger charge is 2.22. The van der Waals surface area contributed by atoms with E-state index in [1.54, 1.807) is 18.2 Å². The first-order valence-corrected chi connectivity index (χ1v) is 9.68. The summed E-state index contributed by atoms with van der Waals surface area (Å²) in [4.78, 5) is -0.0323. The van der Waals surface area contributed by atoms with Crippen LogP contribution >= 0.6 is 59.4 Å². The number of anilines is 2. The summed E-state index contributed by atoms with van der Waals surface area (Å²) >= 11 is 15.7. The maximum absolute atomic E-state index is 12.5. The van der Waals surface area contributed by atoms with Gasteiger partial charge in [0.15, 0.2) is 0 Å². The Hall–Kier alpha value is -0.280. The summed E-state index contributed by atoms with van der Waals surface area (Å²) in [5, 5.41) is 0.238. The standard InChI is InChI=1S/C12H8Br3ClN2O2S/c13-7-2-1-3-8(14)12(7)18-21(19,20)10-5-6(16)4-9(17)11(10)15/h1-5,18H,17H2. The minimum Gasteiger partial charge on any atom is -0.398 e. The molecule has 21 heavy (non-hydrogen) atoms. The van der Waals surface area contributed by atoms with Crippen LogP contribution in [-0.2, 0) is 10.0 Å². The third-order valence-electron chi connectivity index (χ3n) is 2.52. The van der Waals surface area contributed by atoms with Crippen molar-refractivity contribution in [3.8, 4) is 0 Å². The predicted molar refractivity (Wildman–Crippen MR) is 96.2 cm³/mol. The number of sulfonamides is 1. The van der Waals surface area contributed by atoms with Crippen LogP contribution in [0.2, 0.25) is 5.02 Å². The molecule has 0 fully saturated rings. The fraction of sp³-hybridized carbons (Fsp3) is 0. The fourth-order valence-electron chi connectivity index (χ4n) is 1.56. The quantitative estimate of drug-likeness (QED) is 0.561. The molecule has 0 saturated heterocycles. The minimum atomic E-state index is -3.86. The molecular weight excluding hydrogens is 511 g/mol. The Bertz CT molecular complexity index is 792. The van der Waals surface area contributed by atoms with E-state index in [-0.39, 0.29) is 20.1 Å². The van der Waals surface area contributed by atoms with Gasteiger partial charge in [-0.1, -0.05) is 17.7 Å². The number of halogens is 4. The summed E-state index contributed by atoms with van der Waals surface area (Å²) < 4.78 is 29.0. The largest absolute Gasteiger partial charge is 0.398 e. The van der Waals surface area contributed by atoms with Crippen molar-refractivity contribution in [2.45, 2.75) is 4.90 Å². The van der Waals surface area contributed by atoms with Crippen LogP contribution in [0, 0.1) is 0 Å². The van der Waals surface area contributed by atoms with Gasteiger partial charge in [-0.3, -0.25) is 4.72 Å². The van der Waals surface area contributed by atoms with Gasteiger partial charge in [-0.05, 0) is 72.1 Å². The van der Waals surface area contributed by atoms with E-state index in [0.29, 0.717) is 14.6 Å². The molecule has 0 bridgehead atoms. The van der Waals surface area contributed by atoms with Gasteiger partial charge in [-0.2, -0.15) is 0 Å². The topological polar surface area (TPSA) is 72.2 Å². The van der Waals surface area contributed by atoms with Crippen molar-refractivity contribution in [1.29, 1.82) is 0 Å². The zero-order valence-electron chi connectivity index (χ0n) is 10.2. The molecule has 0 unspecified atom stereocenters. The maximum atomic E-state index is 12.5. The second-order valence-electron chi connectivity index (χ2n) is 4.01. The van der Waals surface area contributed by atoms with Gasteiger partial charge in [0.25, 0.3) is 10.0 Å². The van der Waals surface area contributed by atoms with E-state index in [1.807, 2.05) is 0 Å². The molecule has 0 aliphatic heterocycles. The van der Waals surface area contributed by atoms with E-state index in [1.165, 1.54) is 12.1 Å². The SMILES string of the molecule is Nc1cc(Cl)cc(S(=O)(=O)Nc2c(Br)cccc2Br)c1Br. The molecule has 0 spiro atoms. The summed E-state index contributed by atoms with van der Waals surface area (Å²) in [5.74, 6) is 0. The first-order chi connectivity index (χ1) is 9.72. The van der Waals surface area contributed by atoms with Crippen LogP contribution in [0.3, 0.4) is 0 Å².